The van der Waals surface area contributed by atoms with Crippen molar-refractivity contribution >= 4 is 22.6 Å². The van der Waals surface area contributed by atoms with Crippen LogP contribution < -0.4 is 10.1 Å². The first kappa shape index (κ1) is 18.4. The first-order valence-electron chi connectivity index (χ1n) is 9.06. The van der Waals surface area contributed by atoms with E-state index < -0.39 is 11.7 Å². The zero-order valence-electron chi connectivity index (χ0n) is 15.6. The van der Waals surface area contributed by atoms with E-state index in [-0.39, 0.29) is 6.54 Å². The van der Waals surface area contributed by atoms with Crippen LogP contribution in [-0.4, -0.2) is 43.5 Å². The van der Waals surface area contributed by atoms with Crippen LogP contribution in [0.25, 0.3) is 16.6 Å². The number of tetrazole rings is 1. The summed E-state index contributed by atoms with van der Waals surface area (Å²) in [5.41, 5.74) is 1.83. The van der Waals surface area contributed by atoms with Crippen molar-refractivity contribution in [2.24, 2.45) is 0 Å². The highest BCUT2D eigenvalue weighted by molar-refractivity contribution is 6.44. The van der Waals surface area contributed by atoms with Crippen LogP contribution in [0.1, 0.15) is 23.1 Å². The first-order chi connectivity index (χ1) is 14.2. The molecule has 2 heterocycles. The maximum absolute atomic E-state index is 12.5. The predicted octanol–water partition coefficient (Wildman–Crippen LogP) is 2.04. The van der Waals surface area contributed by atoms with E-state index in [1.165, 1.54) is 10.9 Å². The summed E-state index contributed by atoms with van der Waals surface area (Å²) in [6.45, 7) is 2.49. The summed E-state index contributed by atoms with van der Waals surface area (Å²) in [6.07, 6.45) is 1.54. The van der Waals surface area contributed by atoms with Crippen LogP contribution in [-0.2, 0) is 11.3 Å². The quantitative estimate of drug-likeness (QED) is 0.369. The Hall–Kier alpha value is -4.01. The lowest BCUT2D eigenvalue weighted by Crippen LogP contribution is -2.31. The average molecular weight is 390 g/mol. The normalized spacial score (nSPS) is 10.8. The lowest BCUT2D eigenvalue weighted by atomic mass is 10.1. The van der Waals surface area contributed by atoms with Gasteiger partial charge in [-0.15, -0.1) is 5.10 Å². The molecular weight excluding hydrogens is 372 g/mol. The summed E-state index contributed by atoms with van der Waals surface area (Å²) in [4.78, 5) is 27.9. The summed E-state index contributed by atoms with van der Waals surface area (Å²) in [5, 5.41) is 14.8. The van der Waals surface area contributed by atoms with Crippen LogP contribution in [0.15, 0.2) is 54.7 Å². The molecular formula is C20H18N6O3. The molecule has 9 heteroatoms. The van der Waals surface area contributed by atoms with Gasteiger partial charge in [-0.3, -0.25) is 9.59 Å². The second-order valence-electron chi connectivity index (χ2n) is 6.19. The number of nitrogens with zero attached hydrogens (tertiary/aromatic N) is 4. The molecule has 146 valence electrons. The van der Waals surface area contributed by atoms with Gasteiger partial charge < -0.3 is 15.0 Å². The molecule has 1 amide bonds. The Morgan fingerprint density at radius 3 is 2.72 bits per heavy atom. The van der Waals surface area contributed by atoms with Crippen molar-refractivity contribution < 1.29 is 14.3 Å². The van der Waals surface area contributed by atoms with Gasteiger partial charge in [-0.25, -0.2) is 0 Å². The maximum atomic E-state index is 12.5. The third kappa shape index (κ3) is 3.70. The number of Topliss-reactive ketones (excluding diaryl/α,β-unsaturated/α-hetero) is 1. The van der Waals surface area contributed by atoms with Crippen molar-refractivity contribution in [1.29, 1.82) is 0 Å². The van der Waals surface area contributed by atoms with E-state index in [2.05, 4.69) is 25.8 Å². The van der Waals surface area contributed by atoms with Gasteiger partial charge in [0.25, 0.3) is 11.7 Å². The highest BCUT2D eigenvalue weighted by atomic mass is 16.5. The molecule has 2 N–H and O–H groups in total. The molecule has 0 saturated carbocycles. The van der Waals surface area contributed by atoms with Crippen LogP contribution in [0.5, 0.6) is 5.75 Å². The van der Waals surface area contributed by atoms with Gasteiger partial charge >= 0.3 is 0 Å². The fourth-order valence-electron chi connectivity index (χ4n) is 2.99. The Morgan fingerprint density at radius 2 is 1.93 bits per heavy atom. The van der Waals surface area contributed by atoms with E-state index >= 15 is 0 Å². The number of aromatic amines is 1. The molecule has 0 radical (unpaired) electrons. The van der Waals surface area contributed by atoms with Crippen LogP contribution in [0.4, 0.5) is 0 Å². The fourth-order valence-corrected chi connectivity index (χ4v) is 2.99. The van der Waals surface area contributed by atoms with E-state index in [4.69, 9.17) is 4.74 Å². The second kappa shape index (κ2) is 7.93. The van der Waals surface area contributed by atoms with Gasteiger partial charge in [0.2, 0.25) is 0 Å². The zero-order chi connectivity index (χ0) is 20.2. The molecule has 0 aliphatic carbocycles. The molecule has 0 atom stereocenters. The number of H-pyrrole nitrogens is 1. The van der Waals surface area contributed by atoms with Crippen LogP contribution in [0.2, 0.25) is 0 Å². The minimum atomic E-state index is -0.726. The summed E-state index contributed by atoms with van der Waals surface area (Å²) >= 11 is 0. The fraction of sp³-hybridized carbons (Fsp3) is 0.150. The van der Waals surface area contributed by atoms with Gasteiger partial charge in [-0.05, 0) is 47.7 Å². The number of amides is 1. The number of carbonyl (C=O) groups excluding carboxylic acids is 2. The van der Waals surface area contributed by atoms with Crippen molar-refractivity contribution in [3.63, 3.8) is 0 Å². The predicted molar refractivity (Wildman–Crippen MR) is 105 cm³/mol. The number of hydrogen-bond donors (Lipinski definition) is 2. The molecule has 0 spiro atoms. The first-order valence-corrected chi connectivity index (χ1v) is 9.06. The molecule has 9 nitrogen and oxygen atoms in total. The Labute approximate surface area is 165 Å². The number of rotatable bonds is 7. The number of ether oxygens (including phenoxy) is 1. The van der Waals surface area contributed by atoms with Gasteiger partial charge in [0.15, 0.2) is 5.82 Å². The molecule has 2 aromatic heterocycles. The number of fused-ring (bicyclic) bond motifs is 1. The molecule has 0 bridgehead atoms. The van der Waals surface area contributed by atoms with Crippen LogP contribution >= 0.6 is 0 Å². The maximum Gasteiger partial charge on any atom is 0.292 e. The average Bonchev–Trinajstić information content (AvgIpc) is 3.39. The number of ketones is 1. The van der Waals surface area contributed by atoms with Crippen LogP contribution in [0, 0.1) is 0 Å². The smallest absolute Gasteiger partial charge is 0.292 e. The molecule has 0 aliphatic heterocycles. The van der Waals surface area contributed by atoms with Crippen molar-refractivity contribution in [2.75, 3.05) is 6.61 Å². The van der Waals surface area contributed by atoms with E-state index in [1.807, 2.05) is 49.4 Å². The topological polar surface area (TPSA) is 115 Å². The monoisotopic (exact) mass is 390 g/mol. The number of carbonyl (C=O) groups is 2. The van der Waals surface area contributed by atoms with E-state index in [0.717, 1.165) is 11.3 Å². The van der Waals surface area contributed by atoms with Gasteiger partial charge in [0, 0.05) is 17.1 Å². The Bertz CT molecular complexity index is 1160. The number of aromatic nitrogens is 5. The lowest BCUT2D eigenvalue weighted by Gasteiger charge is -2.07. The largest absolute Gasteiger partial charge is 0.494 e. The SMILES string of the molecule is CCOc1ccc(-n2nnnc2CNC(=O)C(=O)c2c[nH]c3ccccc23)cc1. The third-order valence-electron chi connectivity index (χ3n) is 4.37. The van der Waals surface area contributed by atoms with E-state index in [1.54, 1.807) is 6.07 Å². The van der Waals surface area contributed by atoms with Gasteiger partial charge in [-0.1, -0.05) is 18.2 Å². The molecule has 29 heavy (non-hydrogen) atoms. The molecule has 0 unspecified atom stereocenters. The van der Waals surface area contributed by atoms with E-state index in [0.29, 0.717) is 29.1 Å². The number of nitrogens with one attached hydrogen (secondary N) is 2. The molecule has 0 saturated heterocycles. The Morgan fingerprint density at radius 1 is 1.14 bits per heavy atom. The van der Waals surface area contributed by atoms with Crippen molar-refractivity contribution in [2.45, 2.75) is 13.5 Å². The second-order valence-corrected chi connectivity index (χ2v) is 6.19. The molecule has 0 aliphatic rings. The highest BCUT2D eigenvalue weighted by Crippen LogP contribution is 2.18. The highest BCUT2D eigenvalue weighted by Gasteiger charge is 2.20. The number of benzene rings is 2. The van der Waals surface area contributed by atoms with Gasteiger partial charge in [0.05, 0.1) is 24.4 Å². The van der Waals surface area contributed by atoms with Crippen LogP contribution in [0.3, 0.4) is 0 Å². The molecule has 2 aromatic carbocycles. The standard InChI is InChI=1S/C20H18N6O3/c1-2-29-14-9-7-13(8-10-14)26-18(23-24-25-26)12-22-20(28)19(27)16-11-21-17-6-4-3-5-15(16)17/h3-11,21H,2,12H2,1H3,(H,22,28). The minimum Gasteiger partial charge on any atom is -0.494 e. The Balaban J connectivity index is 1.46. The van der Waals surface area contributed by atoms with Crippen molar-refractivity contribution in [1.82, 2.24) is 30.5 Å². The van der Waals surface area contributed by atoms with E-state index in [9.17, 15) is 9.59 Å². The minimum absolute atomic E-state index is 0.00708. The number of hydrogen-bond acceptors (Lipinski definition) is 6. The lowest BCUT2D eigenvalue weighted by molar-refractivity contribution is -0.117. The third-order valence-corrected chi connectivity index (χ3v) is 4.37. The van der Waals surface area contributed by atoms with Crippen molar-refractivity contribution in [3.05, 3.63) is 66.1 Å². The van der Waals surface area contributed by atoms with Crippen molar-refractivity contribution in [3.8, 4) is 11.4 Å². The molecule has 4 aromatic rings. The summed E-state index contributed by atoms with van der Waals surface area (Å²) in [6, 6.07) is 14.5. The summed E-state index contributed by atoms with van der Waals surface area (Å²) in [5.74, 6) is -0.212. The molecule has 4 rings (SSSR count). The zero-order valence-corrected chi connectivity index (χ0v) is 15.6. The number of para-hydroxylation sites is 1. The molecule has 0 fully saturated rings. The summed E-state index contributed by atoms with van der Waals surface area (Å²) < 4.78 is 6.91. The van der Waals surface area contributed by atoms with Gasteiger partial charge in [-0.2, -0.15) is 4.68 Å². The summed E-state index contributed by atoms with van der Waals surface area (Å²) in [7, 11) is 0. The Kier molecular flexibility index (Phi) is 5.02. The van der Waals surface area contributed by atoms with Gasteiger partial charge in [0.1, 0.15) is 5.75 Å².